The normalized spacial score (nSPS) is 15.6. The van der Waals surface area contributed by atoms with Crippen LogP contribution in [0.3, 0.4) is 0 Å². The van der Waals surface area contributed by atoms with E-state index < -0.39 is 15.5 Å². The average Bonchev–Trinajstić information content (AvgIpc) is 2.85. The zero-order chi connectivity index (χ0) is 16.4. The molecule has 0 spiro atoms. The summed E-state index contributed by atoms with van der Waals surface area (Å²) < 4.78 is 16.6. The van der Waals surface area contributed by atoms with Crippen molar-refractivity contribution in [2.24, 2.45) is 0 Å². The Hall–Kier alpha value is -1.17. The molecule has 1 amide bonds. The fraction of sp³-hybridized carbons (Fsp3) is 0.733. The Morgan fingerprint density at radius 3 is 2.38 bits per heavy atom. The van der Waals surface area contributed by atoms with E-state index in [1.807, 2.05) is 34.6 Å². The average molecular weight is 314 g/mol. The molecule has 6 heteroatoms. The molecule has 21 heavy (non-hydrogen) atoms. The maximum Gasteiger partial charge on any atom is 0.245 e. The summed E-state index contributed by atoms with van der Waals surface area (Å²) in [5, 5.41) is 6.59. The summed E-state index contributed by atoms with van der Waals surface area (Å²) in [5.41, 5.74) is 0.611. The molecule has 0 bridgehead atoms. The van der Waals surface area contributed by atoms with Gasteiger partial charge in [0.25, 0.3) is 0 Å². The van der Waals surface area contributed by atoms with Crippen LogP contribution in [-0.4, -0.2) is 25.3 Å². The third-order valence-electron chi connectivity index (χ3n) is 3.51. The van der Waals surface area contributed by atoms with E-state index >= 15 is 0 Å². The molecular formula is C15H26N2O3S. The molecule has 0 fully saturated rings. The van der Waals surface area contributed by atoms with Crippen LogP contribution in [0.5, 0.6) is 0 Å². The summed E-state index contributed by atoms with van der Waals surface area (Å²) >= 11 is 0. The van der Waals surface area contributed by atoms with Crippen LogP contribution < -0.4 is 5.32 Å². The minimum atomic E-state index is -1.26. The Morgan fingerprint density at radius 1 is 1.38 bits per heavy atom. The lowest BCUT2D eigenvalue weighted by Crippen LogP contribution is -2.44. The van der Waals surface area contributed by atoms with Crippen LogP contribution in [-0.2, 0) is 21.0 Å². The molecule has 0 saturated heterocycles. The Morgan fingerprint density at radius 2 is 1.95 bits per heavy atom. The van der Waals surface area contributed by atoms with Crippen molar-refractivity contribution in [3.05, 3.63) is 11.8 Å². The van der Waals surface area contributed by atoms with Gasteiger partial charge in [-0.1, -0.05) is 39.8 Å². The fourth-order valence-electron chi connectivity index (χ4n) is 1.70. The molecule has 0 radical (unpaired) electrons. The minimum absolute atomic E-state index is 0.0365. The van der Waals surface area contributed by atoms with Gasteiger partial charge in [0.15, 0.2) is 0 Å². The lowest BCUT2D eigenvalue weighted by Gasteiger charge is -2.25. The number of rotatable bonds is 5. The van der Waals surface area contributed by atoms with Gasteiger partial charge in [-0.2, -0.15) is 0 Å². The number of nitrogens with zero attached hydrogens (tertiary/aromatic N) is 1. The minimum Gasteiger partial charge on any atom is -0.338 e. The van der Waals surface area contributed by atoms with Crippen molar-refractivity contribution in [3.63, 3.8) is 0 Å². The predicted molar refractivity (Wildman–Crippen MR) is 85.8 cm³/mol. The van der Waals surface area contributed by atoms with Crippen LogP contribution in [0.25, 0.3) is 0 Å². The van der Waals surface area contributed by atoms with Gasteiger partial charge < -0.3 is 4.52 Å². The van der Waals surface area contributed by atoms with Crippen LogP contribution in [0.2, 0.25) is 0 Å². The van der Waals surface area contributed by atoms with E-state index in [-0.39, 0.29) is 16.6 Å². The first-order valence-electron chi connectivity index (χ1n) is 7.19. The fourth-order valence-corrected chi connectivity index (χ4v) is 3.24. The van der Waals surface area contributed by atoms with Gasteiger partial charge in [-0.15, -0.1) is 0 Å². The third kappa shape index (κ3) is 4.15. The molecule has 5 nitrogen and oxygen atoms in total. The lowest BCUT2D eigenvalue weighted by atomic mass is 9.92. The standard InChI is InChI=1S/C15H26N2O3S/c1-8-10(2)21(19)15(6,7)13(18)16-12-9-11(17-20-12)14(3,4)5/h9-10H,8H2,1-7H3,(H,16,18). The number of aromatic nitrogens is 1. The lowest BCUT2D eigenvalue weighted by molar-refractivity contribution is -0.117. The SMILES string of the molecule is CCC(C)S(=O)C(C)(C)C(=O)Nc1cc(C(C)(C)C)no1. The quantitative estimate of drug-likeness (QED) is 0.905. The number of anilines is 1. The molecular weight excluding hydrogens is 288 g/mol. The molecule has 1 N–H and O–H groups in total. The highest BCUT2D eigenvalue weighted by Crippen LogP contribution is 2.25. The topological polar surface area (TPSA) is 72.2 Å². The highest BCUT2D eigenvalue weighted by atomic mass is 32.2. The van der Waals surface area contributed by atoms with E-state index in [0.717, 1.165) is 12.1 Å². The van der Waals surface area contributed by atoms with Crippen molar-refractivity contribution < 1.29 is 13.5 Å². The van der Waals surface area contributed by atoms with Gasteiger partial charge in [0.05, 0.1) is 5.69 Å². The van der Waals surface area contributed by atoms with Crippen LogP contribution in [0.1, 0.15) is 60.6 Å². The predicted octanol–water partition coefficient (Wildman–Crippen LogP) is 3.24. The van der Waals surface area contributed by atoms with E-state index in [1.165, 1.54) is 0 Å². The largest absolute Gasteiger partial charge is 0.338 e. The zero-order valence-corrected chi connectivity index (χ0v) is 14.8. The molecule has 1 aromatic rings. The Kier molecular flexibility index (Phi) is 5.36. The van der Waals surface area contributed by atoms with Crippen molar-refractivity contribution in [3.8, 4) is 0 Å². The van der Waals surface area contributed by atoms with E-state index in [1.54, 1.807) is 19.9 Å². The van der Waals surface area contributed by atoms with Crippen molar-refractivity contribution in [1.29, 1.82) is 0 Å². The highest BCUT2D eigenvalue weighted by Gasteiger charge is 2.37. The maximum atomic E-state index is 12.4. The number of hydrogen-bond donors (Lipinski definition) is 1. The second kappa shape index (κ2) is 6.30. The first-order chi connectivity index (χ1) is 9.50. The van der Waals surface area contributed by atoms with Crippen molar-refractivity contribution in [1.82, 2.24) is 5.16 Å². The first-order valence-corrected chi connectivity index (χ1v) is 8.40. The van der Waals surface area contributed by atoms with Gasteiger partial charge in [0, 0.05) is 27.5 Å². The van der Waals surface area contributed by atoms with Gasteiger partial charge in [-0.05, 0) is 20.3 Å². The molecule has 2 unspecified atom stereocenters. The van der Waals surface area contributed by atoms with Gasteiger partial charge in [-0.25, -0.2) is 0 Å². The van der Waals surface area contributed by atoms with Crippen molar-refractivity contribution in [2.45, 2.75) is 70.3 Å². The summed E-state index contributed by atoms with van der Waals surface area (Å²) in [5.74, 6) is -0.0307. The molecule has 0 aliphatic rings. The number of hydrogen-bond acceptors (Lipinski definition) is 4. The number of amides is 1. The zero-order valence-electron chi connectivity index (χ0n) is 13.9. The summed E-state index contributed by atoms with van der Waals surface area (Å²) in [6.07, 6.45) is 0.764. The van der Waals surface area contributed by atoms with Crippen molar-refractivity contribution >= 4 is 22.6 Å². The van der Waals surface area contributed by atoms with Gasteiger partial charge in [-0.3, -0.25) is 14.3 Å². The molecule has 1 rings (SSSR count). The highest BCUT2D eigenvalue weighted by molar-refractivity contribution is 7.87. The second-order valence-electron chi connectivity index (χ2n) is 6.81. The molecule has 0 saturated carbocycles. The Bertz CT molecular complexity index is 529. The molecule has 120 valence electrons. The number of carbonyl (C=O) groups excluding carboxylic acids is 1. The Labute approximate surface area is 129 Å². The summed E-state index contributed by atoms with van der Waals surface area (Å²) in [7, 11) is -1.26. The monoisotopic (exact) mass is 314 g/mol. The summed E-state index contributed by atoms with van der Waals surface area (Å²) in [6.45, 7) is 13.3. The van der Waals surface area contributed by atoms with Gasteiger partial charge in [0.2, 0.25) is 11.8 Å². The van der Waals surface area contributed by atoms with Crippen LogP contribution in [0.4, 0.5) is 5.88 Å². The van der Waals surface area contributed by atoms with Gasteiger partial charge >= 0.3 is 0 Å². The van der Waals surface area contributed by atoms with E-state index in [0.29, 0.717) is 5.88 Å². The van der Waals surface area contributed by atoms with Gasteiger partial charge in [0.1, 0.15) is 4.75 Å². The number of nitrogens with one attached hydrogen (secondary N) is 1. The van der Waals surface area contributed by atoms with Crippen molar-refractivity contribution in [2.75, 3.05) is 5.32 Å². The first kappa shape index (κ1) is 17.9. The van der Waals surface area contributed by atoms with Crippen LogP contribution >= 0.6 is 0 Å². The van der Waals surface area contributed by atoms with Crippen LogP contribution in [0, 0.1) is 0 Å². The van der Waals surface area contributed by atoms with E-state index in [2.05, 4.69) is 10.5 Å². The molecule has 1 aromatic heterocycles. The molecule has 0 aliphatic carbocycles. The molecule has 1 heterocycles. The summed E-state index contributed by atoms with van der Waals surface area (Å²) in [4.78, 5) is 12.4. The maximum absolute atomic E-state index is 12.4. The number of carbonyl (C=O) groups is 1. The van der Waals surface area contributed by atoms with E-state index in [4.69, 9.17) is 4.52 Å². The molecule has 0 aromatic carbocycles. The Balaban J connectivity index is 2.85. The summed E-state index contributed by atoms with van der Waals surface area (Å²) in [6, 6.07) is 1.71. The van der Waals surface area contributed by atoms with E-state index in [9.17, 15) is 9.00 Å². The second-order valence-corrected chi connectivity index (χ2v) is 9.23. The third-order valence-corrected chi connectivity index (χ3v) is 5.76. The van der Waals surface area contributed by atoms with Crippen LogP contribution in [0.15, 0.2) is 10.6 Å². The molecule has 0 aliphatic heterocycles. The molecule has 2 atom stereocenters. The smallest absolute Gasteiger partial charge is 0.245 e.